The molecule has 3 aliphatic heterocycles. The van der Waals surface area contributed by atoms with Gasteiger partial charge in [-0.2, -0.15) is 0 Å². The smallest absolute Gasteiger partial charge is 0.222 e. The van der Waals surface area contributed by atoms with Crippen LogP contribution in [0.5, 0.6) is 0 Å². The number of hydrogen-bond donors (Lipinski definition) is 3. The number of aliphatic hydroxyl groups is 1. The molecule has 3 N–H and O–H groups in total. The Labute approximate surface area is 391 Å². The molecule has 4 rings (SSSR count). The number of methoxy groups -OCH3 is 11. The standard InChI is InChI=1S/C43H75BrN2O19/c1-22-30(45-26-17-23(19-50-2)25(18-47)31(53-5)32(26)54-6)35(55-7)39(59-11)42(61-22)64-34-28(21-52-4)63-43(40(60-12)37(34)57-9)65-33-27(20-51-3)62-41(38(58-10)36(33)56-8)46-29(49)14-13-24(48)15-16-44/h17,22,25-28,30-43,45,47H,13-16,18-21H2,1-12H3,(H,46,49)/t22?,25-,26+,27?,28?,30-,31+,32?,33-,34-,35+,36+,37+,38?,39?,40?,41+,42-,43-/m0/s1. The number of ether oxygens (including phenoxy) is 16. The van der Waals surface area contributed by atoms with E-state index in [1.54, 1.807) is 35.5 Å². The lowest BCUT2D eigenvalue weighted by atomic mass is 9.80. The second-order valence-electron chi connectivity index (χ2n) is 16.3. The number of nitrogens with one attached hydrogen (secondary N) is 2. The molecule has 65 heavy (non-hydrogen) atoms. The number of alkyl halides is 1. The van der Waals surface area contributed by atoms with E-state index in [0.717, 1.165) is 5.57 Å². The van der Waals surface area contributed by atoms with Crippen LogP contribution >= 0.6 is 15.9 Å². The van der Waals surface area contributed by atoms with Crippen molar-refractivity contribution in [3.05, 3.63) is 11.6 Å². The van der Waals surface area contributed by atoms with E-state index in [2.05, 4.69) is 26.6 Å². The molecule has 3 saturated heterocycles. The predicted octanol–water partition coefficient (Wildman–Crippen LogP) is 0.136. The third-order valence-corrected chi connectivity index (χ3v) is 13.0. The maximum atomic E-state index is 13.0. The summed E-state index contributed by atoms with van der Waals surface area (Å²) in [6.45, 7) is 2.16. The third kappa shape index (κ3) is 13.7. The molecule has 4 aliphatic rings. The number of aliphatic hydroxyl groups excluding tert-OH is 1. The lowest BCUT2D eigenvalue weighted by Gasteiger charge is -2.51. The Kier molecular flexibility index (Phi) is 24.5. The van der Waals surface area contributed by atoms with E-state index in [1.807, 2.05) is 13.0 Å². The Morgan fingerprint density at radius 3 is 1.65 bits per heavy atom. The highest BCUT2D eigenvalue weighted by Crippen LogP contribution is 2.37. The van der Waals surface area contributed by atoms with E-state index >= 15 is 0 Å². The molecule has 0 aromatic heterocycles. The minimum Gasteiger partial charge on any atom is -0.396 e. The van der Waals surface area contributed by atoms with Gasteiger partial charge in [-0.3, -0.25) is 9.59 Å². The first-order valence-electron chi connectivity index (χ1n) is 21.8. The molecule has 22 heteroatoms. The van der Waals surface area contributed by atoms with Crippen molar-refractivity contribution in [1.29, 1.82) is 0 Å². The highest BCUT2D eigenvalue weighted by Gasteiger charge is 2.56. The second-order valence-corrected chi connectivity index (χ2v) is 17.1. The van der Waals surface area contributed by atoms with Crippen molar-refractivity contribution < 1.29 is 90.5 Å². The summed E-state index contributed by atoms with van der Waals surface area (Å²) in [5.74, 6) is -0.748. The number of Topliss-reactive ketones (excluding diaryl/α,β-unsaturated/α-hetero) is 1. The van der Waals surface area contributed by atoms with E-state index in [4.69, 9.17) is 75.8 Å². The van der Waals surface area contributed by atoms with Crippen molar-refractivity contribution >= 4 is 27.6 Å². The van der Waals surface area contributed by atoms with E-state index < -0.39 is 104 Å². The van der Waals surface area contributed by atoms with Gasteiger partial charge in [0.1, 0.15) is 72.9 Å². The zero-order chi connectivity index (χ0) is 47.8. The van der Waals surface area contributed by atoms with Crippen molar-refractivity contribution in [1.82, 2.24) is 10.6 Å². The number of amides is 1. The molecule has 0 aromatic carbocycles. The highest BCUT2D eigenvalue weighted by atomic mass is 79.9. The molecule has 7 unspecified atom stereocenters. The first-order chi connectivity index (χ1) is 31.4. The van der Waals surface area contributed by atoms with Gasteiger partial charge in [0, 0.05) is 109 Å². The topological polar surface area (TPSA) is 226 Å². The summed E-state index contributed by atoms with van der Waals surface area (Å²) in [7, 11) is 17.0. The largest absolute Gasteiger partial charge is 0.396 e. The van der Waals surface area contributed by atoms with Crippen LogP contribution in [0.2, 0.25) is 0 Å². The minimum absolute atomic E-state index is 0.0210. The van der Waals surface area contributed by atoms with Crippen LogP contribution in [-0.2, 0) is 85.4 Å². The van der Waals surface area contributed by atoms with Crippen LogP contribution in [0.15, 0.2) is 11.6 Å². The molecule has 21 nitrogen and oxygen atoms in total. The fourth-order valence-corrected chi connectivity index (χ4v) is 9.90. The Morgan fingerprint density at radius 1 is 0.615 bits per heavy atom. The second kappa shape index (κ2) is 28.3. The van der Waals surface area contributed by atoms with Gasteiger partial charge in [0.15, 0.2) is 18.8 Å². The van der Waals surface area contributed by atoms with Crippen LogP contribution in [0.1, 0.15) is 26.2 Å². The molecule has 0 saturated carbocycles. The summed E-state index contributed by atoms with van der Waals surface area (Å²) in [6.07, 6.45) is -10.2. The molecule has 3 fully saturated rings. The Hall–Kier alpha value is -1.36. The summed E-state index contributed by atoms with van der Waals surface area (Å²) >= 11 is 3.26. The van der Waals surface area contributed by atoms with Gasteiger partial charge in [-0.25, -0.2) is 0 Å². The summed E-state index contributed by atoms with van der Waals surface area (Å²) in [5, 5.41) is 17.4. The molecule has 1 amide bonds. The molecule has 378 valence electrons. The number of rotatable bonds is 27. The number of halogens is 1. The lowest BCUT2D eigenvalue weighted by molar-refractivity contribution is -0.375. The third-order valence-electron chi connectivity index (χ3n) is 12.6. The van der Waals surface area contributed by atoms with Gasteiger partial charge in [0.05, 0.1) is 50.7 Å². The first-order valence-corrected chi connectivity index (χ1v) is 23.0. The van der Waals surface area contributed by atoms with Crippen molar-refractivity contribution in [2.75, 3.05) is 110 Å². The van der Waals surface area contributed by atoms with Crippen molar-refractivity contribution in [2.24, 2.45) is 5.92 Å². The maximum absolute atomic E-state index is 13.0. The predicted molar refractivity (Wildman–Crippen MR) is 234 cm³/mol. The maximum Gasteiger partial charge on any atom is 0.222 e. The Bertz CT molecular complexity index is 1440. The van der Waals surface area contributed by atoms with Crippen LogP contribution < -0.4 is 10.6 Å². The molecule has 0 spiro atoms. The Morgan fingerprint density at radius 2 is 1.14 bits per heavy atom. The van der Waals surface area contributed by atoms with E-state index in [9.17, 15) is 14.7 Å². The normalized spacial score (nSPS) is 38.9. The lowest BCUT2D eigenvalue weighted by Crippen LogP contribution is -2.69. The van der Waals surface area contributed by atoms with E-state index in [1.165, 1.54) is 42.7 Å². The summed E-state index contributed by atoms with van der Waals surface area (Å²) in [4.78, 5) is 25.1. The van der Waals surface area contributed by atoms with E-state index in [-0.39, 0.29) is 56.3 Å². The molecule has 0 radical (unpaired) electrons. The van der Waals surface area contributed by atoms with Crippen LogP contribution in [0.4, 0.5) is 0 Å². The zero-order valence-electron chi connectivity index (χ0n) is 39.9. The fraction of sp³-hybridized carbons (Fsp3) is 0.907. The molecule has 3 heterocycles. The zero-order valence-corrected chi connectivity index (χ0v) is 41.5. The number of ketones is 1. The number of hydrogen-bond acceptors (Lipinski definition) is 20. The Balaban J connectivity index is 1.57. The molecule has 0 aromatic rings. The van der Waals surface area contributed by atoms with Gasteiger partial charge in [-0.1, -0.05) is 22.0 Å². The molecule has 19 atom stereocenters. The molecular formula is C43H75BrN2O19. The quantitative estimate of drug-likeness (QED) is 0.0735. The average molecular weight is 1000 g/mol. The summed E-state index contributed by atoms with van der Waals surface area (Å²) in [6, 6.07) is -0.832. The monoisotopic (exact) mass is 1000 g/mol. The van der Waals surface area contributed by atoms with Gasteiger partial charge in [-0.15, -0.1) is 0 Å². The van der Waals surface area contributed by atoms with Crippen LogP contribution in [0.3, 0.4) is 0 Å². The minimum atomic E-state index is -1.11. The van der Waals surface area contributed by atoms with Crippen LogP contribution in [-0.4, -0.2) is 237 Å². The average Bonchev–Trinajstić information content (AvgIpc) is 3.29. The number of carbonyl (C=O) groups excluding carboxylic acids is 2. The highest BCUT2D eigenvalue weighted by molar-refractivity contribution is 9.09. The van der Waals surface area contributed by atoms with E-state index in [0.29, 0.717) is 18.4 Å². The van der Waals surface area contributed by atoms with Gasteiger partial charge in [0.2, 0.25) is 5.91 Å². The van der Waals surface area contributed by atoms with Crippen LogP contribution in [0.25, 0.3) is 0 Å². The molecular weight excluding hydrogens is 928 g/mol. The molecule has 0 bridgehead atoms. The number of carbonyl (C=O) groups is 2. The van der Waals surface area contributed by atoms with Crippen LogP contribution in [0, 0.1) is 5.92 Å². The van der Waals surface area contributed by atoms with Crippen molar-refractivity contribution in [3.8, 4) is 0 Å². The van der Waals surface area contributed by atoms with Gasteiger partial charge in [0.25, 0.3) is 0 Å². The fourth-order valence-electron chi connectivity index (χ4n) is 9.46. The summed E-state index contributed by atoms with van der Waals surface area (Å²) < 4.78 is 98.1. The molecule has 1 aliphatic carbocycles. The van der Waals surface area contributed by atoms with Crippen molar-refractivity contribution in [3.63, 3.8) is 0 Å². The van der Waals surface area contributed by atoms with Gasteiger partial charge < -0.3 is 91.5 Å². The van der Waals surface area contributed by atoms with Gasteiger partial charge in [-0.05, 0) is 12.5 Å². The SMILES string of the molecule is COCC1=C[C@@H](N[C@H]2C(C)O[C@@H](O[C@H]3C(COC)O[C@@H](O[C@H]4C(COC)O[C@@H](NC(=O)CCC(=O)CCBr)C(OC)[C@@H]4OC)C(OC)[C@@H]3OC)C(OC)[C@@H]2OC)C(OC)[C@H](OC)[C@H]1CO. The van der Waals surface area contributed by atoms with Gasteiger partial charge >= 0.3 is 0 Å². The van der Waals surface area contributed by atoms with Crippen molar-refractivity contribution in [2.45, 2.75) is 136 Å². The summed E-state index contributed by atoms with van der Waals surface area (Å²) in [5.41, 5.74) is 0.874. The first kappa shape index (κ1) is 56.2.